The van der Waals surface area contributed by atoms with E-state index in [2.05, 4.69) is 20.8 Å². The van der Waals surface area contributed by atoms with Crippen LogP contribution in [0.1, 0.15) is 22.6 Å². The van der Waals surface area contributed by atoms with Crippen LogP contribution < -0.4 is 10.6 Å². The van der Waals surface area contributed by atoms with E-state index in [1.807, 2.05) is 0 Å². The normalized spacial score (nSPS) is 22.7. The lowest BCUT2D eigenvalue weighted by molar-refractivity contribution is 0.0446. The van der Waals surface area contributed by atoms with E-state index in [-0.39, 0.29) is 36.2 Å². The Balaban J connectivity index is 0.00000180. The molecule has 1 fully saturated rings. The van der Waals surface area contributed by atoms with Gasteiger partial charge in [0.1, 0.15) is 0 Å². The van der Waals surface area contributed by atoms with Crippen molar-refractivity contribution in [3.8, 4) is 0 Å². The van der Waals surface area contributed by atoms with Gasteiger partial charge in [0.05, 0.1) is 22.9 Å². The molecule has 2 heterocycles. The van der Waals surface area contributed by atoms with Crippen LogP contribution in [0.25, 0.3) is 0 Å². The Labute approximate surface area is 123 Å². The first-order chi connectivity index (χ1) is 8.63. The predicted molar refractivity (Wildman–Crippen MR) is 75.1 cm³/mol. The van der Waals surface area contributed by atoms with Gasteiger partial charge in [-0.15, -0.1) is 12.4 Å². The molecule has 2 rings (SSSR count). The maximum absolute atomic E-state index is 12.0. The Morgan fingerprint density at radius 3 is 2.89 bits per heavy atom. The van der Waals surface area contributed by atoms with Crippen molar-refractivity contribution >= 4 is 29.9 Å². The third-order valence-corrected chi connectivity index (χ3v) is 3.59. The minimum Gasteiger partial charge on any atom is -0.379 e. The Kier molecular flexibility index (Phi) is 6.06. The fourth-order valence-corrected chi connectivity index (χ4v) is 2.23. The number of hydrogen-bond acceptors (Lipinski definition) is 4. The molecule has 2 atom stereocenters. The van der Waals surface area contributed by atoms with E-state index in [1.54, 1.807) is 14.0 Å². The summed E-state index contributed by atoms with van der Waals surface area (Å²) in [4.78, 5) is 12.0. The second-order valence-electron chi connectivity index (χ2n) is 4.36. The van der Waals surface area contributed by atoms with E-state index in [0.717, 1.165) is 13.0 Å². The van der Waals surface area contributed by atoms with E-state index in [0.29, 0.717) is 17.3 Å². The molecule has 3 N–H and O–H groups in total. The molecule has 0 aliphatic carbocycles. The maximum Gasteiger partial charge on any atom is 0.273 e. The molecule has 0 bridgehead atoms. The smallest absolute Gasteiger partial charge is 0.273 e. The number of piperidine rings is 1. The fraction of sp³-hybridized carbons (Fsp3) is 0.636. The maximum atomic E-state index is 12.0. The highest BCUT2D eigenvalue weighted by atomic mass is 35.5. The first-order valence-corrected chi connectivity index (χ1v) is 6.26. The third kappa shape index (κ3) is 3.60. The lowest BCUT2D eigenvalue weighted by Crippen LogP contribution is -2.54. The standard InChI is InChI=1S/C11H17ClN4O2.ClH/c1-6-9(12)10(16-15-6)11(17)14-7-5-13-4-3-8(7)18-2;/h7-8,13H,3-5H2,1-2H3,(H,14,17)(H,15,16);1H/t7-,8+;/m0./s1. The zero-order valence-electron chi connectivity index (χ0n) is 10.8. The molecule has 1 aliphatic heterocycles. The molecular formula is C11H18Cl2N4O2. The molecule has 0 spiro atoms. The molecule has 108 valence electrons. The summed E-state index contributed by atoms with van der Waals surface area (Å²) in [6.07, 6.45) is 0.892. The van der Waals surface area contributed by atoms with Gasteiger partial charge in [-0.1, -0.05) is 11.6 Å². The first kappa shape index (κ1) is 16.2. The Morgan fingerprint density at radius 1 is 1.58 bits per heavy atom. The number of H-pyrrole nitrogens is 1. The van der Waals surface area contributed by atoms with Gasteiger partial charge in [0.2, 0.25) is 0 Å². The van der Waals surface area contributed by atoms with Crippen LogP contribution in [-0.4, -0.2) is 48.4 Å². The molecule has 1 saturated heterocycles. The van der Waals surface area contributed by atoms with Crippen molar-refractivity contribution in [2.45, 2.75) is 25.5 Å². The first-order valence-electron chi connectivity index (χ1n) is 5.88. The summed E-state index contributed by atoms with van der Waals surface area (Å²) in [7, 11) is 1.65. The van der Waals surface area contributed by atoms with Crippen LogP contribution in [0.5, 0.6) is 0 Å². The highest BCUT2D eigenvalue weighted by Gasteiger charge is 2.28. The topological polar surface area (TPSA) is 79.0 Å². The highest BCUT2D eigenvalue weighted by molar-refractivity contribution is 6.34. The Bertz CT molecular complexity index is 438. The van der Waals surface area contributed by atoms with Crippen LogP contribution in [0.15, 0.2) is 0 Å². The minimum atomic E-state index is -0.278. The second-order valence-corrected chi connectivity index (χ2v) is 4.74. The van der Waals surface area contributed by atoms with Crippen molar-refractivity contribution < 1.29 is 9.53 Å². The number of rotatable bonds is 3. The summed E-state index contributed by atoms with van der Waals surface area (Å²) < 4.78 is 5.36. The molecule has 8 heteroatoms. The lowest BCUT2D eigenvalue weighted by Gasteiger charge is -2.31. The molecule has 1 amide bonds. The fourth-order valence-electron chi connectivity index (χ4n) is 2.06. The number of halogens is 2. The van der Waals surface area contributed by atoms with E-state index >= 15 is 0 Å². The number of hydrogen-bond donors (Lipinski definition) is 3. The summed E-state index contributed by atoms with van der Waals surface area (Å²) >= 11 is 5.99. The van der Waals surface area contributed by atoms with Gasteiger partial charge in [-0.05, 0) is 19.9 Å². The van der Waals surface area contributed by atoms with E-state index in [9.17, 15) is 4.79 Å². The van der Waals surface area contributed by atoms with Crippen molar-refractivity contribution in [1.29, 1.82) is 0 Å². The van der Waals surface area contributed by atoms with E-state index < -0.39 is 0 Å². The van der Waals surface area contributed by atoms with Crippen LogP contribution in [0.2, 0.25) is 5.02 Å². The number of aromatic nitrogens is 2. The largest absolute Gasteiger partial charge is 0.379 e. The molecular weight excluding hydrogens is 291 g/mol. The van der Waals surface area contributed by atoms with Crippen molar-refractivity contribution in [1.82, 2.24) is 20.8 Å². The molecule has 0 unspecified atom stereocenters. The number of methoxy groups -OCH3 is 1. The average Bonchev–Trinajstić information content (AvgIpc) is 2.71. The number of nitrogens with one attached hydrogen (secondary N) is 3. The van der Waals surface area contributed by atoms with Gasteiger partial charge >= 0.3 is 0 Å². The van der Waals surface area contributed by atoms with Crippen molar-refractivity contribution in [2.75, 3.05) is 20.2 Å². The van der Waals surface area contributed by atoms with Gasteiger partial charge in [0.15, 0.2) is 5.69 Å². The van der Waals surface area contributed by atoms with Crippen LogP contribution in [0.3, 0.4) is 0 Å². The van der Waals surface area contributed by atoms with Gasteiger partial charge in [-0.25, -0.2) is 0 Å². The zero-order chi connectivity index (χ0) is 13.1. The average molecular weight is 309 g/mol. The van der Waals surface area contributed by atoms with E-state index in [1.165, 1.54) is 0 Å². The zero-order valence-corrected chi connectivity index (χ0v) is 12.4. The van der Waals surface area contributed by atoms with Crippen molar-refractivity contribution in [3.05, 3.63) is 16.4 Å². The third-order valence-electron chi connectivity index (χ3n) is 3.13. The number of carbonyl (C=O) groups is 1. The molecule has 0 saturated carbocycles. The highest BCUT2D eigenvalue weighted by Crippen LogP contribution is 2.17. The van der Waals surface area contributed by atoms with Crippen LogP contribution in [0.4, 0.5) is 0 Å². The number of ether oxygens (including phenoxy) is 1. The lowest BCUT2D eigenvalue weighted by atomic mass is 10.0. The summed E-state index contributed by atoms with van der Waals surface area (Å²) in [5, 5.41) is 13.1. The van der Waals surface area contributed by atoms with Crippen molar-refractivity contribution in [3.63, 3.8) is 0 Å². The van der Waals surface area contributed by atoms with Gasteiger partial charge in [0, 0.05) is 13.7 Å². The van der Waals surface area contributed by atoms with E-state index in [4.69, 9.17) is 16.3 Å². The molecule has 0 aromatic carbocycles. The summed E-state index contributed by atoms with van der Waals surface area (Å²) in [5.74, 6) is -0.278. The van der Waals surface area contributed by atoms with Crippen LogP contribution in [-0.2, 0) is 4.74 Å². The number of carbonyl (C=O) groups excluding carboxylic acids is 1. The number of aromatic amines is 1. The van der Waals surface area contributed by atoms with Gasteiger partial charge in [-0.3, -0.25) is 9.89 Å². The molecule has 1 aromatic rings. The molecule has 1 aliphatic rings. The van der Waals surface area contributed by atoms with Gasteiger partial charge in [0.25, 0.3) is 5.91 Å². The second kappa shape index (κ2) is 7.09. The minimum absolute atomic E-state index is 0. The number of nitrogens with zero attached hydrogens (tertiary/aromatic N) is 1. The van der Waals surface area contributed by atoms with Gasteiger partial charge < -0.3 is 15.4 Å². The number of aryl methyl sites for hydroxylation is 1. The quantitative estimate of drug-likeness (QED) is 0.775. The molecule has 1 aromatic heterocycles. The predicted octanol–water partition coefficient (Wildman–Crippen LogP) is 0.900. The monoisotopic (exact) mass is 308 g/mol. The Morgan fingerprint density at radius 2 is 2.32 bits per heavy atom. The summed E-state index contributed by atoms with van der Waals surface area (Å²) in [5.41, 5.74) is 0.918. The van der Waals surface area contributed by atoms with Crippen molar-refractivity contribution in [2.24, 2.45) is 0 Å². The van der Waals surface area contributed by atoms with Crippen LogP contribution in [0, 0.1) is 6.92 Å². The number of amides is 1. The van der Waals surface area contributed by atoms with Gasteiger partial charge in [-0.2, -0.15) is 5.10 Å². The Hall–Kier alpha value is -0.820. The summed E-state index contributed by atoms with van der Waals surface area (Å²) in [6.45, 7) is 3.35. The molecule has 0 radical (unpaired) electrons. The van der Waals surface area contributed by atoms with Crippen LogP contribution >= 0.6 is 24.0 Å². The molecule has 19 heavy (non-hydrogen) atoms. The molecule has 6 nitrogen and oxygen atoms in total. The summed E-state index contributed by atoms with van der Waals surface area (Å²) in [6, 6.07) is -0.0654. The SMILES string of the molecule is CO[C@@H]1CCNC[C@@H]1NC(=O)c1n[nH]c(C)c1Cl.Cl.